The molecule has 0 aliphatic carbocycles. The van der Waals surface area contributed by atoms with E-state index < -0.39 is 16.3 Å². The molecule has 1 unspecified atom stereocenters. The van der Waals surface area contributed by atoms with E-state index in [4.69, 9.17) is 10.2 Å². The number of hydrogen-bond acceptors (Lipinski definition) is 3. The van der Waals surface area contributed by atoms with Crippen molar-refractivity contribution >= 4 is 10.2 Å². The molecule has 1 aliphatic heterocycles. The highest BCUT2D eigenvalue weighted by Gasteiger charge is 2.27. The molecule has 1 saturated heterocycles. The van der Waals surface area contributed by atoms with Crippen LogP contribution in [0.25, 0.3) is 0 Å². The lowest BCUT2D eigenvalue weighted by Gasteiger charge is -2.09. The van der Waals surface area contributed by atoms with Gasteiger partial charge in [0, 0.05) is 13.1 Å². The molecule has 60 valence electrons. The molecule has 1 heterocycles. The summed E-state index contributed by atoms with van der Waals surface area (Å²) in [7, 11) is -3.56. The molecule has 0 aromatic heterocycles. The molecular weight excluding hydrogens is 156 g/mol. The molecule has 1 aliphatic rings. The van der Waals surface area contributed by atoms with Gasteiger partial charge < -0.3 is 5.11 Å². The van der Waals surface area contributed by atoms with Gasteiger partial charge in [0.15, 0.2) is 0 Å². The Balaban J connectivity index is 2.62. The second kappa shape index (κ2) is 2.46. The standard InChI is InChI=1S/C4H10N2O3S/c5-10(8,9)6-2-1-4(7)3-6/h4,7H,1-3H2,(H2,5,8,9). The Morgan fingerprint density at radius 2 is 2.20 bits per heavy atom. The Morgan fingerprint density at radius 3 is 2.40 bits per heavy atom. The third-order valence-electron chi connectivity index (χ3n) is 1.49. The number of nitrogens with two attached hydrogens (primary N) is 1. The highest BCUT2D eigenvalue weighted by atomic mass is 32.2. The summed E-state index contributed by atoms with van der Waals surface area (Å²) in [4.78, 5) is 0. The Labute approximate surface area is 59.6 Å². The highest BCUT2D eigenvalue weighted by Crippen LogP contribution is 2.10. The van der Waals surface area contributed by atoms with Crippen molar-refractivity contribution in [2.24, 2.45) is 5.14 Å². The predicted octanol–water partition coefficient (Wildman–Crippen LogP) is -1.74. The van der Waals surface area contributed by atoms with Crippen LogP contribution in [0.3, 0.4) is 0 Å². The molecule has 1 fully saturated rings. The van der Waals surface area contributed by atoms with Crippen molar-refractivity contribution in [3.8, 4) is 0 Å². The largest absolute Gasteiger partial charge is 0.392 e. The number of aliphatic hydroxyl groups is 1. The van der Waals surface area contributed by atoms with Crippen LogP contribution >= 0.6 is 0 Å². The normalized spacial score (nSPS) is 29.2. The van der Waals surface area contributed by atoms with E-state index in [1.165, 1.54) is 0 Å². The van der Waals surface area contributed by atoms with E-state index in [1.807, 2.05) is 0 Å². The van der Waals surface area contributed by atoms with E-state index >= 15 is 0 Å². The van der Waals surface area contributed by atoms with Crippen molar-refractivity contribution in [2.45, 2.75) is 12.5 Å². The van der Waals surface area contributed by atoms with Crippen molar-refractivity contribution in [3.05, 3.63) is 0 Å². The summed E-state index contributed by atoms with van der Waals surface area (Å²) in [6, 6.07) is 0. The Bertz CT molecular complexity index is 213. The molecule has 0 spiro atoms. The van der Waals surface area contributed by atoms with Gasteiger partial charge in [0.1, 0.15) is 0 Å². The van der Waals surface area contributed by atoms with Gasteiger partial charge in [0.05, 0.1) is 6.10 Å². The van der Waals surface area contributed by atoms with Crippen LogP contribution in [0.15, 0.2) is 0 Å². The summed E-state index contributed by atoms with van der Waals surface area (Å²) >= 11 is 0. The maximum atomic E-state index is 10.6. The molecule has 0 aromatic rings. The van der Waals surface area contributed by atoms with Crippen molar-refractivity contribution < 1.29 is 13.5 Å². The SMILES string of the molecule is NS(=O)(=O)N1CCC(O)C1. The first-order chi connectivity index (χ1) is 4.50. The lowest BCUT2D eigenvalue weighted by atomic mass is 10.3. The van der Waals surface area contributed by atoms with Crippen LogP contribution in [-0.4, -0.2) is 37.0 Å². The predicted molar refractivity (Wildman–Crippen MR) is 35.3 cm³/mol. The molecule has 1 rings (SSSR count). The van der Waals surface area contributed by atoms with Crippen LogP contribution in [0.5, 0.6) is 0 Å². The zero-order valence-electron chi connectivity index (χ0n) is 5.40. The number of aliphatic hydroxyl groups excluding tert-OH is 1. The number of nitrogens with zero attached hydrogens (tertiary/aromatic N) is 1. The molecule has 1 atom stereocenters. The molecule has 5 nitrogen and oxygen atoms in total. The molecule has 0 aromatic carbocycles. The van der Waals surface area contributed by atoms with Crippen LogP contribution < -0.4 is 5.14 Å². The number of β-amino-alcohol motifs (C(OH)–C–C–N with tert-alkyl or cyclic N) is 1. The van der Waals surface area contributed by atoms with Gasteiger partial charge in [-0.15, -0.1) is 0 Å². The van der Waals surface area contributed by atoms with Gasteiger partial charge in [-0.3, -0.25) is 0 Å². The second-order valence-electron chi connectivity index (χ2n) is 2.35. The molecule has 0 radical (unpaired) electrons. The first kappa shape index (κ1) is 7.93. The third kappa shape index (κ3) is 1.66. The molecule has 6 heteroatoms. The topological polar surface area (TPSA) is 83.6 Å². The average molecular weight is 166 g/mol. The first-order valence-corrected chi connectivity index (χ1v) is 4.46. The lowest BCUT2D eigenvalue weighted by molar-refractivity contribution is 0.189. The maximum Gasteiger partial charge on any atom is 0.276 e. The Morgan fingerprint density at radius 1 is 1.60 bits per heavy atom. The minimum atomic E-state index is -3.56. The minimum absolute atomic E-state index is 0.138. The van der Waals surface area contributed by atoms with Gasteiger partial charge in [-0.05, 0) is 6.42 Å². The second-order valence-corrected chi connectivity index (χ2v) is 3.89. The first-order valence-electron chi connectivity index (χ1n) is 2.96. The van der Waals surface area contributed by atoms with E-state index in [9.17, 15) is 8.42 Å². The molecular formula is C4H10N2O3S. The van der Waals surface area contributed by atoms with Crippen molar-refractivity contribution in [3.63, 3.8) is 0 Å². The Kier molecular flexibility index (Phi) is 1.95. The van der Waals surface area contributed by atoms with Crippen LogP contribution in [0, 0.1) is 0 Å². The van der Waals surface area contributed by atoms with Gasteiger partial charge in [-0.25, -0.2) is 5.14 Å². The summed E-state index contributed by atoms with van der Waals surface area (Å²) in [5.41, 5.74) is 0. The van der Waals surface area contributed by atoms with Crippen LogP contribution in [-0.2, 0) is 10.2 Å². The zero-order chi connectivity index (χ0) is 7.78. The summed E-state index contributed by atoms with van der Waals surface area (Å²) in [6.45, 7) is 0.471. The van der Waals surface area contributed by atoms with E-state index in [0.29, 0.717) is 13.0 Å². The van der Waals surface area contributed by atoms with Crippen LogP contribution in [0.1, 0.15) is 6.42 Å². The van der Waals surface area contributed by atoms with Crippen molar-refractivity contribution in [1.82, 2.24) is 4.31 Å². The molecule has 0 amide bonds. The van der Waals surface area contributed by atoms with Gasteiger partial charge in [0.2, 0.25) is 0 Å². The smallest absolute Gasteiger partial charge is 0.276 e. The fourth-order valence-corrected chi connectivity index (χ4v) is 1.68. The summed E-state index contributed by atoms with van der Waals surface area (Å²) in [6.07, 6.45) is -0.0606. The molecule has 0 bridgehead atoms. The van der Waals surface area contributed by atoms with Crippen LogP contribution in [0.4, 0.5) is 0 Å². The van der Waals surface area contributed by atoms with Gasteiger partial charge in [-0.1, -0.05) is 0 Å². The molecule has 10 heavy (non-hydrogen) atoms. The zero-order valence-corrected chi connectivity index (χ0v) is 6.21. The fourth-order valence-electron chi connectivity index (χ4n) is 0.942. The van der Waals surface area contributed by atoms with E-state index in [2.05, 4.69) is 0 Å². The van der Waals surface area contributed by atoms with E-state index in [1.54, 1.807) is 0 Å². The summed E-state index contributed by atoms with van der Waals surface area (Å²) in [5, 5.41) is 13.7. The number of rotatable bonds is 1. The Hall–Kier alpha value is -0.170. The van der Waals surface area contributed by atoms with Gasteiger partial charge >= 0.3 is 0 Å². The minimum Gasteiger partial charge on any atom is -0.392 e. The van der Waals surface area contributed by atoms with Crippen molar-refractivity contribution in [1.29, 1.82) is 0 Å². The van der Waals surface area contributed by atoms with E-state index in [-0.39, 0.29) is 6.54 Å². The quantitative estimate of drug-likeness (QED) is 0.485. The fraction of sp³-hybridized carbons (Fsp3) is 1.00. The molecule has 3 N–H and O–H groups in total. The van der Waals surface area contributed by atoms with E-state index in [0.717, 1.165) is 4.31 Å². The average Bonchev–Trinajstić information content (AvgIpc) is 2.11. The van der Waals surface area contributed by atoms with Gasteiger partial charge in [0.25, 0.3) is 10.2 Å². The number of hydrogen-bond donors (Lipinski definition) is 2. The third-order valence-corrected chi connectivity index (χ3v) is 2.54. The van der Waals surface area contributed by atoms with Gasteiger partial charge in [-0.2, -0.15) is 12.7 Å². The van der Waals surface area contributed by atoms with Crippen LogP contribution in [0.2, 0.25) is 0 Å². The molecule has 0 saturated carbocycles. The van der Waals surface area contributed by atoms with Crippen molar-refractivity contribution in [2.75, 3.05) is 13.1 Å². The maximum absolute atomic E-state index is 10.6. The summed E-state index contributed by atoms with van der Waals surface area (Å²) < 4.78 is 22.2. The highest BCUT2D eigenvalue weighted by molar-refractivity contribution is 7.86. The summed E-state index contributed by atoms with van der Waals surface area (Å²) in [5.74, 6) is 0. The monoisotopic (exact) mass is 166 g/mol. The lowest BCUT2D eigenvalue weighted by Crippen LogP contribution is -2.35.